The summed E-state index contributed by atoms with van der Waals surface area (Å²) in [6.07, 6.45) is 2.86. The topological polar surface area (TPSA) is 115 Å². The molecular weight excluding hydrogens is 494 g/mol. The van der Waals surface area contributed by atoms with E-state index in [-0.39, 0.29) is 40.8 Å². The first-order chi connectivity index (χ1) is 18.7. The Hall–Kier alpha value is -4.98. The van der Waals surface area contributed by atoms with Crippen molar-refractivity contribution in [3.8, 4) is 11.1 Å². The smallest absolute Gasteiger partial charge is 0.339 e. The highest BCUT2D eigenvalue weighted by Gasteiger charge is 2.17. The van der Waals surface area contributed by atoms with Gasteiger partial charge in [0.05, 0.1) is 12.7 Å². The van der Waals surface area contributed by atoms with Crippen molar-refractivity contribution < 1.29 is 23.9 Å². The van der Waals surface area contributed by atoms with Gasteiger partial charge >= 0.3 is 5.97 Å². The minimum Gasteiger partial charge on any atom is -0.465 e. The van der Waals surface area contributed by atoms with E-state index >= 15 is 0 Å². The van der Waals surface area contributed by atoms with Crippen LogP contribution in [0.1, 0.15) is 65.3 Å². The van der Waals surface area contributed by atoms with Crippen molar-refractivity contribution in [2.45, 2.75) is 27.2 Å². The molecule has 0 aliphatic rings. The van der Waals surface area contributed by atoms with Crippen molar-refractivity contribution in [2.75, 3.05) is 12.4 Å². The lowest BCUT2D eigenvalue weighted by Gasteiger charge is -2.16. The molecule has 4 aromatic rings. The van der Waals surface area contributed by atoms with Gasteiger partial charge in [0.1, 0.15) is 11.4 Å². The minimum atomic E-state index is -0.513. The van der Waals surface area contributed by atoms with Gasteiger partial charge in [-0.05, 0) is 78.9 Å². The molecule has 0 atom stereocenters. The average Bonchev–Trinajstić information content (AvgIpc) is 2.95. The minimum absolute atomic E-state index is 0.120. The molecule has 2 heterocycles. The van der Waals surface area contributed by atoms with Gasteiger partial charge in [0.25, 0.3) is 5.91 Å². The number of carbonyl (C=O) groups excluding carboxylic acids is 4. The number of benzene rings is 2. The van der Waals surface area contributed by atoms with E-state index in [0.717, 1.165) is 27.8 Å². The van der Waals surface area contributed by atoms with Crippen LogP contribution in [0.15, 0.2) is 73.1 Å². The third-order valence-electron chi connectivity index (χ3n) is 6.54. The van der Waals surface area contributed by atoms with Crippen LogP contribution in [0.4, 0.5) is 5.69 Å². The molecule has 0 spiro atoms. The first-order valence-electron chi connectivity index (χ1n) is 12.2. The Morgan fingerprint density at radius 1 is 0.769 bits per heavy atom. The van der Waals surface area contributed by atoms with E-state index < -0.39 is 5.97 Å². The van der Waals surface area contributed by atoms with E-state index in [0.29, 0.717) is 11.3 Å². The van der Waals surface area contributed by atoms with Crippen molar-refractivity contribution in [3.05, 3.63) is 112 Å². The highest BCUT2D eigenvalue weighted by Crippen LogP contribution is 2.32. The molecular formula is C31H27N3O5. The standard InChI is InChI=1S/C31H27N3O5/c1-18-21(15-29(36)27-13-12-23(17-32-27)31(38)39-4)7-5-8-24(18)25-9-6-10-26(19(25)2)34-30(37)28-14-11-22(16-33-28)20(3)35/h5-14,16-17H,15H2,1-4H3,(H,34,37). The first-order valence-corrected chi connectivity index (χ1v) is 12.2. The van der Waals surface area contributed by atoms with Gasteiger partial charge in [-0.25, -0.2) is 4.79 Å². The summed E-state index contributed by atoms with van der Waals surface area (Å²) in [5.74, 6) is -1.19. The molecule has 0 bridgehead atoms. The number of carbonyl (C=O) groups is 4. The molecule has 39 heavy (non-hydrogen) atoms. The number of amides is 1. The quantitative estimate of drug-likeness (QED) is 0.243. The SMILES string of the molecule is COC(=O)c1ccc(C(=O)Cc2cccc(-c3cccc(NC(=O)c4ccc(C(C)=O)cn4)c3C)c2C)nc1. The molecule has 0 aliphatic heterocycles. The zero-order valence-corrected chi connectivity index (χ0v) is 22.1. The molecule has 0 aliphatic carbocycles. The number of anilines is 1. The summed E-state index contributed by atoms with van der Waals surface area (Å²) in [6.45, 7) is 5.32. The van der Waals surface area contributed by atoms with Crippen LogP contribution in [0, 0.1) is 13.8 Å². The maximum Gasteiger partial charge on any atom is 0.339 e. The van der Waals surface area contributed by atoms with Crippen LogP contribution in [0.5, 0.6) is 0 Å². The van der Waals surface area contributed by atoms with E-state index in [4.69, 9.17) is 0 Å². The third kappa shape index (κ3) is 5.96. The van der Waals surface area contributed by atoms with Crippen molar-refractivity contribution in [1.82, 2.24) is 9.97 Å². The van der Waals surface area contributed by atoms with Gasteiger partial charge in [-0.2, -0.15) is 0 Å². The average molecular weight is 522 g/mol. The highest BCUT2D eigenvalue weighted by molar-refractivity contribution is 6.04. The van der Waals surface area contributed by atoms with Gasteiger partial charge in [0.15, 0.2) is 11.6 Å². The maximum absolute atomic E-state index is 12.9. The van der Waals surface area contributed by atoms with Crippen LogP contribution in [-0.4, -0.2) is 40.5 Å². The van der Waals surface area contributed by atoms with Gasteiger partial charge in [-0.3, -0.25) is 24.4 Å². The van der Waals surface area contributed by atoms with Crippen LogP contribution in [-0.2, 0) is 11.2 Å². The summed E-state index contributed by atoms with van der Waals surface area (Å²) in [4.78, 5) is 57.1. The number of ether oxygens (including phenoxy) is 1. The van der Waals surface area contributed by atoms with Gasteiger partial charge in [0, 0.05) is 30.1 Å². The van der Waals surface area contributed by atoms with E-state index in [1.807, 2.05) is 50.2 Å². The fourth-order valence-corrected chi connectivity index (χ4v) is 4.21. The van der Waals surface area contributed by atoms with Crippen LogP contribution >= 0.6 is 0 Å². The summed E-state index contributed by atoms with van der Waals surface area (Å²) in [5, 5.41) is 2.91. The van der Waals surface area contributed by atoms with Crippen molar-refractivity contribution >= 4 is 29.1 Å². The second-order valence-corrected chi connectivity index (χ2v) is 9.03. The number of esters is 1. The summed E-state index contributed by atoms with van der Waals surface area (Å²) < 4.78 is 4.68. The number of methoxy groups -OCH3 is 1. The van der Waals surface area contributed by atoms with E-state index in [9.17, 15) is 19.2 Å². The second kappa shape index (κ2) is 11.6. The maximum atomic E-state index is 12.9. The number of nitrogens with one attached hydrogen (secondary N) is 1. The number of hydrogen-bond acceptors (Lipinski definition) is 7. The summed E-state index contributed by atoms with van der Waals surface area (Å²) in [6, 6.07) is 17.5. The summed E-state index contributed by atoms with van der Waals surface area (Å²) in [5.41, 5.74) is 6.31. The fourth-order valence-electron chi connectivity index (χ4n) is 4.21. The number of hydrogen-bond donors (Lipinski definition) is 1. The Labute approximate surface area is 226 Å². The molecule has 8 heteroatoms. The molecule has 196 valence electrons. The molecule has 0 saturated carbocycles. The number of Topliss-reactive ketones (excluding diaryl/α,β-unsaturated/α-hetero) is 2. The molecule has 2 aromatic carbocycles. The van der Waals surface area contributed by atoms with Crippen LogP contribution in [0.3, 0.4) is 0 Å². The number of pyridine rings is 2. The Morgan fingerprint density at radius 2 is 1.38 bits per heavy atom. The normalized spacial score (nSPS) is 10.6. The predicted molar refractivity (Wildman–Crippen MR) is 147 cm³/mol. The van der Waals surface area contributed by atoms with Gasteiger partial charge in [-0.1, -0.05) is 30.3 Å². The Kier molecular flexibility index (Phi) is 8.05. The lowest BCUT2D eigenvalue weighted by atomic mass is 9.91. The highest BCUT2D eigenvalue weighted by atomic mass is 16.5. The molecule has 1 amide bonds. The van der Waals surface area contributed by atoms with E-state index in [2.05, 4.69) is 20.0 Å². The lowest BCUT2D eigenvalue weighted by Crippen LogP contribution is -2.15. The van der Waals surface area contributed by atoms with Crippen LogP contribution < -0.4 is 5.32 Å². The largest absolute Gasteiger partial charge is 0.465 e. The summed E-state index contributed by atoms with van der Waals surface area (Å²) in [7, 11) is 1.29. The van der Waals surface area contributed by atoms with E-state index in [1.54, 1.807) is 6.07 Å². The van der Waals surface area contributed by atoms with Crippen molar-refractivity contribution in [2.24, 2.45) is 0 Å². The van der Waals surface area contributed by atoms with Crippen LogP contribution in [0.2, 0.25) is 0 Å². The molecule has 0 radical (unpaired) electrons. The molecule has 0 unspecified atom stereocenters. The van der Waals surface area contributed by atoms with Crippen LogP contribution in [0.25, 0.3) is 11.1 Å². The third-order valence-corrected chi connectivity index (χ3v) is 6.54. The zero-order valence-electron chi connectivity index (χ0n) is 22.1. The monoisotopic (exact) mass is 521 g/mol. The van der Waals surface area contributed by atoms with Gasteiger partial charge < -0.3 is 10.1 Å². The zero-order chi connectivity index (χ0) is 28.1. The fraction of sp³-hybridized carbons (Fsp3) is 0.161. The predicted octanol–water partition coefficient (Wildman–Crippen LogP) is 5.43. The molecule has 8 nitrogen and oxygen atoms in total. The molecule has 0 fully saturated rings. The Morgan fingerprint density at radius 3 is 2.00 bits per heavy atom. The lowest BCUT2D eigenvalue weighted by molar-refractivity contribution is 0.0599. The number of rotatable bonds is 8. The van der Waals surface area contributed by atoms with Crippen molar-refractivity contribution in [3.63, 3.8) is 0 Å². The molecule has 1 N–H and O–H groups in total. The van der Waals surface area contributed by atoms with Crippen molar-refractivity contribution in [1.29, 1.82) is 0 Å². The molecule has 0 saturated heterocycles. The number of aromatic nitrogens is 2. The molecule has 2 aromatic heterocycles. The molecule has 4 rings (SSSR count). The van der Waals surface area contributed by atoms with Gasteiger partial charge in [0.2, 0.25) is 0 Å². The number of nitrogens with zero attached hydrogens (tertiary/aromatic N) is 2. The second-order valence-electron chi connectivity index (χ2n) is 9.03. The summed E-state index contributed by atoms with van der Waals surface area (Å²) >= 11 is 0. The Balaban J connectivity index is 1.56. The van der Waals surface area contributed by atoms with E-state index in [1.165, 1.54) is 44.6 Å². The first kappa shape index (κ1) is 27.1. The van der Waals surface area contributed by atoms with Gasteiger partial charge in [-0.15, -0.1) is 0 Å². The number of ketones is 2. The Bertz CT molecular complexity index is 1580.